The van der Waals surface area contributed by atoms with Gasteiger partial charge in [0.05, 0.1) is 5.92 Å². The highest BCUT2D eigenvalue weighted by molar-refractivity contribution is 7.18. The summed E-state index contributed by atoms with van der Waals surface area (Å²) in [5.41, 5.74) is -0.129. The number of aromatic nitrogens is 2. The third-order valence-electron chi connectivity index (χ3n) is 5.11. The van der Waals surface area contributed by atoms with Crippen molar-refractivity contribution in [2.45, 2.75) is 0 Å². The van der Waals surface area contributed by atoms with E-state index >= 15 is 0 Å². The predicted octanol–water partition coefficient (Wildman–Crippen LogP) is 1.74. The minimum absolute atomic E-state index is 0.123. The van der Waals surface area contributed by atoms with Gasteiger partial charge >= 0.3 is 5.97 Å². The molecule has 2 saturated heterocycles. The van der Waals surface area contributed by atoms with Crippen LogP contribution in [0.4, 0.5) is 5.13 Å². The second-order valence-corrected chi connectivity index (χ2v) is 7.61. The number of carbonyl (C=O) groups is 2. The molecule has 4 rings (SSSR count). The molecule has 0 spiro atoms. The fraction of sp³-hybridized carbons (Fsp3) is 0.333. The van der Waals surface area contributed by atoms with E-state index in [0.29, 0.717) is 18.2 Å². The van der Waals surface area contributed by atoms with Gasteiger partial charge in [-0.2, -0.15) is 0 Å². The van der Waals surface area contributed by atoms with Crippen LogP contribution in [0, 0.1) is 11.3 Å². The lowest BCUT2D eigenvalue weighted by Gasteiger charge is -2.24. The van der Waals surface area contributed by atoms with E-state index in [9.17, 15) is 14.7 Å². The second kappa shape index (κ2) is 6.21. The van der Waals surface area contributed by atoms with Crippen LogP contribution in [-0.4, -0.2) is 58.3 Å². The molecule has 1 amide bonds. The van der Waals surface area contributed by atoms with E-state index in [1.54, 1.807) is 11.0 Å². The highest BCUT2D eigenvalue weighted by Gasteiger charge is 2.62. The van der Waals surface area contributed by atoms with Gasteiger partial charge in [0.25, 0.3) is 0 Å². The minimum atomic E-state index is -1.10. The summed E-state index contributed by atoms with van der Waals surface area (Å²) in [6, 6.07) is 9.72. The van der Waals surface area contributed by atoms with Gasteiger partial charge in [-0.15, -0.1) is 16.8 Å². The van der Waals surface area contributed by atoms with Crippen LogP contribution < -0.4 is 4.90 Å². The molecule has 2 aliphatic heterocycles. The van der Waals surface area contributed by atoms with Crippen molar-refractivity contribution < 1.29 is 14.7 Å². The van der Waals surface area contributed by atoms with Crippen molar-refractivity contribution in [3.8, 4) is 10.6 Å². The summed E-state index contributed by atoms with van der Waals surface area (Å²) in [5.74, 6) is -1.62. The van der Waals surface area contributed by atoms with Gasteiger partial charge in [-0.05, 0) is 0 Å². The molecule has 0 radical (unpaired) electrons. The van der Waals surface area contributed by atoms with Gasteiger partial charge in [0.2, 0.25) is 11.0 Å². The van der Waals surface area contributed by atoms with E-state index < -0.39 is 17.3 Å². The second-order valence-electron chi connectivity index (χ2n) is 6.66. The van der Waals surface area contributed by atoms with Crippen LogP contribution in [0.5, 0.6) is 0 Å². The number of rotatable bonds is 5. The summed E-state index contributed by atoms with van der Waals surface area (Å²) >= 11 is 1.41. The molecule has 0 unspecified atom stereocenters. The molecule has 2 atom stereocenters. The van der Waals surface area contributed by atoms with Crippen LogP contribution in [0.15, 0.2) is 43.0 Å². The van der Waals surface area contributed by atoms with Crippen molar-refractivity contribution in [3.05, 3.63) is 43.0 Å². The van der Waals surface area contributed by atoms with E-state index in [2.05, 4.69) is 16.8 Å². The molecule has 0 bridgehead atoms. The Bertz CT molecular complexity index is 868. The molecular weight excluding hydrogens is 352 g/mol. The molecule has 7 nitrogen and oxygen atoms in total. The predicted molar refractivity (Wildman–Crippen MR) is 97.9 cm³/mol. The molecule has 1 aromatic heterocycles. The molecule has 8 heteroatoms. The summed E-state index contributed by atoms with van der Waals surface area (Å²) in [6.45, 7) is 4.84. The van der Waals surface area contributed by atoms with Crippen molar-refractivity contribution in [2.24, 2.45) is 11.3 Å². The maximum Gasteiger partial charge on any atom is 0.314 e. The Morgan fingerprint density at radius 2 is 2.12 bits per heavy atom. The first-order chi connectivity index (χ1) is 12.5. The number of nitrogens with zero attached hydrogens (tertiary/aromatic N) is 4. The quantitative estimate of drug-likeness (QED) is 0.807. The summed E-state index contributed by atoms with van der Waals surface area (Å²) in [7, 11) is 0. The maximum atomic E-state index is 12.6. The fourth-order valence-electron chi connectivity index (χ4n) is 3.81. The Balaban J connectivity index is 1.60. The lowest BCUT2D eigenvalue weighted by molar-refractivity contribution is -0.149. The van der Waals surface area contributed by atoms with Crippen LogP contribution in [0.1, 0.15) is 0 Å². The highest BCUT2D eigenvalue weighted by Crippen LogP contribution is 2.45. The zero-order valence-electron chi connectivity index (χ0n) is 14.0. The molecule has 3 heterocycles. The fourth-order valence-corrected chi connectivity index (χ4v) is 4.66. The summed E-state index contributed by atoms with van der Waals surface area (Å²) < 4.78 is 0. The standard InChI is InChI=1S/C18H18N4O3S/c1-2-8-21-10-18(16(24)25)11-22(9-13(18)15(21)23)17-20-19-14(26-17)12-6-4-3-5-7-12/h2-7,13H,1,8-11H2,(H,24,25)/t13-,18+/m1/s1. The Hall–Kier alpha value is -2.74. The van der Waals surface area contributed by atoms with Crippen LogP contribution in [0.3, 0.4) is 0 Å². The van der Waals surface area contributed by atoms with Gasteiger partial charge in [0.1, 0.15) is 10.4 Å². The number of hydrogen-bond acceptors (Lipinski definition) is 6. The van der Waals surface area contributed by atoms with Crippen molar-refractivity contribution in [3.63, 3.8) is 0 Å². The highest BCUT2D eigenvalue weighted by atomic mass is 32.1. The first kappa shape index (κ1) is 16.7. The van der Waals surface area contributed by atoms with Crippen molar-refractivity contribution in [1.82, 2.24) is 15.1 Å². The number of carbonyl (C=O) groups excluding carboxylic acids is 1. The lowest BCUT2D eigenvalue weighted by Crippen LogP contribution is -2.41. The van der Waals surface area contributed by atoms with E-state index in [1.165, 1.54) is 11.3 Å². The van der Waals surface area contributed by atoms with Gasteiger partial charge in [-0.1, -0.05) is 47.7 Å². The number of aliphatic carboxylic acids is 1. The molecule has 1 N–H and O–H groups in total. The Kier molecular flexibility index (Phi) is 3.99. The molecule has 2 fully saturated rings. The SMILES string of the molecule is C=CCN1C[C@]2(C(=O)O)CN(c3nnc(-c4ccccc4)s3)C[C@@H]2C1=O. The number of hydrogen-bond donors (Lipinski definition) is 1. The molecule has 0 saturated carbocycles. The van der Waals surface area contributed by atoms with Crippen molar-refractivity contribution in [1.29, 1.82) is 0 Å². The number of fused-ring (bicyclic) bond motifs is 1. The molecule has 1 aromatic carbocycles. The summed E-state index contributed by atoms with van der Waals surface area (Å²) in [4.78, 5) is 28.1. The molecule has 134 valence electrons. The average Bonchev–Trinajstić information content (AvgIpc) is 3.32. The first-order valence-corrected chi connectivity index (χ1v) is 9.14. The Morgan fingerprint density at radius 3 is 2.77 bits per heavy atom. The van der Waals surface area contributed by atoms with Crippen molar-refractivity contribution in [2.75, 3.05) is 31.1 Å². The minimum Gasteiger partial charge on any atom is -0.481 e. The summed E-state index contributed by atoms with van der Waals surface area (Å²) in [5, 5.41) is 19.8. The Morgan fingerprint density at radius 1 is 1.35 bits per heavy atom. The smallest absolute Gasteiger partial charge is 0.314 e. The lowest BCUT2D eigenvalue weighted by atomic mass is 9.81. The van der Waals surface area contributed by atoms with Crippen molar-refractivity contribution >= 4 is 28.3 Å². The van der Waals surface area contributed by atoms with Gasteiger partial charge in [0, 0.05) is 31.7 Å². The van der Waals surface area contributed by atoms with Gasteiger partial charge < -0.3 is 14.9 Å². The van der Waals surface area contributed by atoms with E-state index in [1.807, 2.05) is 35.2 Å². The van der Waals surface area contributed by atoms with E-state index in [-0.39, 0.29) is 19.0 Å². The van der Waals surface area contributed by atoms with Crippen LogP contribution in [0.25, 0.3) is 10.6 Å². The van der Waals surface area contributed by atoms with Crippen LogP contribution in [-0.2, 0) is 9.59 Å². The average molecular weight is 370 g/mol. The number of benzene rings is 1. The first-order valence-electron chi connectivity index (χ1n) is 8.32. The van der Waals surface area contributed by atoms with Crippen LogP contribution in [0.2, 0.25) is 0 Å². The zero-order chi connectivity index (χ0) is 18.3. The molecule has 0 aliphatic carbocycles. The largest absolute Gasteiger partial charge is 0.481 e. The zero-order valence-corrected chi connectivity index (χ0v) is 14.9. The van der Waals surface area contributed by atoms with Gasteiger partial charge in [-0.3, -0.25) is 9.59 Å². The number of carboxylic acids is 1. The number of likely N-dealkylation sites (tertiary alicyclic amines) is 1. The molecule has 2 aliphatic rings. The number of anilines is 1. The summed E-state index contributed by atoms with van der Waals surface area (Å²) in [6.07, 6.45) is 1.63. The monoisotopic (exact) mass is 370 g/mol. The maximum absolute atomic E-state index is 12.6. The topological polar surface area (TPSA) is 86.6 Å². The third kappa shape index (κ3) is 2.48. The van der Waals surface area contributed by atoms with Crippen LogP contribution >= 0.6 is 11.3 Å². The van der Waals surface area contributed by atoms with E-state index in [4.69, 9.17) is 0 Å². The number of amides is 1. The molecule has 2 aromatic rings. The van der Waals surface area contributed by atoms with E-state index in [0.717, 1.165) is 10.6 Å². The normalized spacial score (nSPS) is 24.8. The number of carboxylic acid groups (broad SMARTS) is 1. The van der Waals surface area contributed by atoms with Gasteiger partial charge in [0.15, 0.2) is 0 Å². The molecule has 26 heavy (non-hydrogen) atoms. The van der Waals surface area contributed by atoms with Gasteiger partial charge in [-0.25, -0.2) is 0 Å². The third-order valence-corrected chi connectivity index (χ3v) is 6.14. The Labute approximate surface area is 154 Å². The molecular formula is C18H18N4O3S.